The minimum atomic E-state index is -0.732. The van der Waals surface area contributed by atoms with E-state index in [9.17, 15) is 4.79 Å². The molecule has 1 aromatic rings. The molecular weight excluding hydrogens is 264 g/mol. The van der Waals surface area contributed by atoms with Gasteiger partial charge in [0.05, 0.1) is 11.6 Å². The quantitative estimate of drug-likeness (QED) is 0.679. The van der Waals surface area contributed by atoms with E-state index in [0.717, 1.165) is 23.8 Å². The van der Waals surface area contributed by atoms with Crippen molar-refractivity contribution < 1.29 is 14.4 Å². The van der Waals surface area contributed by atoms with Gasteiger partial charge >= 0.3 is 5.97 Å². The van der Waals surface area contributed by atoms with E-state index < -0.39 is 5.97 Å². The second kappa shape index (κ2) is 8.22. The molecule has 1 atom stereocenters. The predicted molar refractivity (Wildman–Crippen MR) is 76.4 cm³/mol. The molecule has 19 heavy (non-hydrogen) atoms. The van der Waals surface area contributed by atoms with Crippen molar-refractivity contribution in [1.29, 1.82) is 0 Å². The molecule has 0 aliphatic carbocycles. The van der Waals surface area contributed by atoms with Gasteiger partial charge in [0.15, 0.2) is 0 Å². The van der Waals surface area contributed by atoms with Gasteiger partial charge in [-0.1, -0.05) is 25.9 Å². The number of nitrogens with one attached hydrogen (secondary N) is 1. The Balaban J connectivity index is 2.09. The van der Waals surface area contributed by atoms with Gasteiger partial charge in [0.1, 0.15) is 5.76 Å². The van der Waals surface area contributed by atoms with Crippen LogP contribution >= 0.6 is 11.8 Å². The molecule has 0 fully saturated rings. The number of hydrogen-bond acceptors (Lipinski definition) is 5. The standard InChI is InChI=1S/C13H22N2O3S/c1-9(2)12-6-11(15-18-12)7-14-4-5-19-8-10(3)13(16)17/h6,9-10,14H,4-5,7-8H2,1-3H3,(H,16,17). The summed E-state index contributed by atoms with van der Waals surface area (Å²) < 4.78 is 5.20. The smallest absolute Gasteiger partial charge is 0.307 e. The van der Waals surface area contributed by atoms with Crippen LogP contribution < -0.4 is 5.32 Å². The van der Waals surface area contributed by atoms with Gasteiger partial charge in [-0.15, -0.1) is 0 Å². The van der Waals surface area contributed by atoms with Crippen LogP contribution in [0.2, 0.25) is 0 Å². The number of carbonyl (C=O) groups is 1. The van der Waals surface area contributed by atoms with E-state index in [1.807, 2.05) is 6.07 Å². The first-order valence-corrected chi connectivity index (χ1v) is 7.63. The molecule has 2 N–H and O–H groups in total. The topological polar surface area (TPSA) is 75.4 Å². The lowest BCUT2D eigenvalue weighted by Crippen LogP contribution is -2.18. The maximum absolute atomic E-state index is 10.6. The van der Waals surface area contributed by atoms with Crippen molar-refractivity contribution in [1.82, 2.24) is 10.5 Å². The zero-order valence-electron chi connectivity index (χ0n) is 11.7. The highest BCUT2D eigenvalue weighted by Gasteiger charge is 2.10. The normalized spacial score (nSPS) is 12.8. The third kappa shape index (κ3) is 6.11. The van der Waals surface area contributed by atoms with E-state index in [4.69, 9.17) is 9.63 Å². The third-order valence-electron chi connectivity index (χ3n) is 2.66. The van der Waals surface area contributed by atoms with Gasteiger partial charge in [-0.25, -0.2) is 0 Å². The molecule has 1 rings (SSSR count). The second-order valence-electron chi connectivity index (χ2n) is 4.87. The Morgan fingerprint density at radius 2 is 2.26 bits per heavy atom. The van der Waals surface area contributed by atoms with Gasteiger partial charge in [0.2, 0.25) is 0 Å². The van der Waals surface area contributed by atoms with Crippen LogP contribution in [0.15, 0.2) is 10.6 Å². The molecule has 0 bridgehead atoms. The fourth-order valence-electron chi connectivity index (χ4n) is 1.38. The number of rotatable bonds is 9. The zero-order chi connectivity index (χ0) is 14.3. The maximum atomic E-state index is 10.6. The van der Waals surface area contributed by atoms with E-state index in [2.05, 4.69) is 24.3 Å². The number of thioether (sulfide) groups is 1. The molecule has 0 saturated carbocycles. The van der Waals surface area contributed by atoms with Crippen LogP contribution in [-0.2, 0) is 11.3 Å². The van der Waals surface area contributed by atoms with E-state index in [0.29, 0.717) is 18.2 Å². The van der Waals surface area contributed by atoms with Gasteiger partial charge in [-0.05, 0) is 0 Å². The molecule has 1 unspecified atom stereocenters. The van der Waals surface area contributed by atoms with Gasteiger partial charge in [0.25, 0.3) is 0 Å². The molecule has 0 saturated heterocycles. The molecule has 1 heterocycles. The predicted octanol–water partition coefficient (Wildman–Crippen LogP) is 2.34. The molecule has 0 amide bonds. The van der Waals surface area contributed by atoms with E-state index in [-0.39, 0.29) is 5.92 Å². The highest BCUT2D eigenvalue weighted by molar-refractivity contribution is 7.99. The lowest BCUT2D eigenvalue weighted by atomic mass is 10.1. The zero-order valence-corrected chi connectivity index (χ0v) is 12.5. The highest BCUT2D eigenvalue weighted by atomic mass is 32.2. The number of carboxylic acid groups (broad SMARTS) is 1. The molecule has 0 aliphatic rings. The van der Waals surface area contributed by atoms with Crippen LogP contribution in [-0.4, -0.2) is 34.3 Å². The molecule has 5 nitrogen and oxygen atoms in total. The third-order valence-corrected chi connectivity index (χ3v) is 3.89. The Kier molecular flexibility index (Phi) is 6.94. The summed E-state index contributed by atoms with van der Waals surface area (Å²) in [5.74, 6) is 1.79. The van der Waals surface area contributed by atoms with Crippen molar-refractivity contribution in [3.8, 4) is 0 Å². The summed E-state index contributed by atoms with van der Waals surface area (Å²) in [5.41, 5.74) is 0.910. The van der Waals surface area contributed by atoms with Crippen LogP contribution in [0.1, 0.15) is 38.1 Å². The van der Waals surface area contributed by atoms with Crippen molar-refractivity contribution in [2.45, 2.75) is 33.2 Å². The summed E-state index contributed by atoms with van der Waals surface area (Å²) in [4.78, 5) is 10.6. The molecule has 1 aromatic heterocycles. The van der Waals surface area contributed by atoms with E-state index in [1.165, 1.54) is 0 Å². The number of carboxylic acids is 1. The van der Waals surface area contributed by atoms with Crippen LogP contribution in [0.4, 0.5) is 0 Å². The fourth-order valence-corrected chi connectivity index (χ4v) is 2.33. The summed E-state index contributed by atoms with van der Waals surface area (Å²) in [6.45, 7) is 7.38. The number of aliphatic carboxylic acids is 1. The van der Waals surface area contributed by atoms with Crippen LogP contribution in [0.25, 0.3) is 0 Å². The fraction of sp³-hybridized carbons (Fsp3) is 0.692. The molecule has 0 spiro atoms. The molecule has 6 heteroatoms. The number of hydrogen-bond donors (Lipinski definition) is 2. The van der Waals surface area contributed by atoms with Gasteiger partial charge in [-0.3, -0.25) is 4.79 Å². The Bertz CT molecular complexity index is 393. The average molecular weight is 286 g/mol. The highest BCUT2D eigenvalue weighted by Crippen LogP contribution is 2.14. The van der Waals surface area contributed by atoms with Gasteiger partial charge < -0.3 is 14.9 Å². The molecular formula is C13H22N2O3S. The van der Waals surface area contributed by atoms with Gasteiger partial charge in [-0.2, -0.15) is 11.8 Å². The largest absolute Gasteiger partial charge is 0.481 e. The second-order valence-corrected chi connectivity index (χ2v) is 6.02. The summed E-state index contributed by atoms with van der Waals surface area (Å²) in [6, 6.07) is 1.97. The van der Waals surface area contributed by atoms with E-state index >= 15 is 0 Å². The first kappa shape index (κ1) is 16.0. The van der Waals surface area contributed by atoms with Crippen molar-refractivity contribution >= 4 is 17.7 Å². The summed E-state index contributed by atoms with van der Waals surface area (Å²) >= 11 is 1.65. The minimum absolute atomic E-state index is 0.283. The Hall–Kier alpha value is -1.01. The Labute approximate surface area is 118 Å². The Morgan fingerprint density at radius 3 is 2.84 bits per heavy atom. The number of aromatic nitrogens is 1. The van der Waals surface area contributed by atoms with Gasteiger partial charge in [0, 0.05) is 36.6 Å². The molecule has 0 aliphatic heterocycles. The van der Waals surface area contributed by atoms with Crippen LogP contribution in [0, 0.1) is 5.92 Å². The maximum Gasteiger partial charge on any atom is 0.307 e. The van der Waals surface area contributed by atoms with E-state index in [1.54, 1.807) is 18.7 Å². The monoisotopic (exact) mass is 286 g/mol. The van der Waals surface area contributed by atoms with Crippen molar-refractivity contribution in [3.05, 3.63) is 17.5 Å². The van der Waals surface area contributed by atoms with Crippen LogP contribution in [0.3, 0.4) is 0 Å². The minimum Gasteiger partial charge on any atom is -0.481 e. The molecule has 0 radical (unpaired) electrons. The summed E-state index contributed by atoms with van der Waals surface area (Å²) in [6.07, 6.45) is 0. The lowest BCUT2D eigenvalue weighted by Gasteiger charge is -2.05. The molecule has 108 valence electrons. The van der Waals surface area contributed by atoms with Crippen molar-refractivity contribution in [2.75, 3.05) is 18.1 Å². The summed E-state index contributed by atoms with van der Waals surface area (Å²) in [7, 11) is 0. The summed E-state index contributed by atoms with van der Waals surface area (Å²) in [5, 5.41) is 16.0. The molecule has 0 aromatic carbocycles. The van der Waals surface area contributed by atoms with Crippen molar-refractivity contribution in [3.63, 3.8) is 0 Å². The lowest BCUT2D eigenvalue weighted by molar-refractivity contribution is -0.140. The SMILES string of the molecule is CC(CSCCNCc1cc(C(C)C)on1)C(=O)O. The average Bonchev–Trinajstić information content (AvgIpc) is 2.82. The van der Waals surface area contributed by atoms with Crippen LogP contribution in [0.5, 0.6) is 0 Å². The number of nitrogens with zero attached hydrogens (tertiary/aromatic N) is 1. The first-order valence-electron chi connectivity index (χ1n) is 6.47. The Morgan fingerprint density at radius 1 is 1.53 bits per heavy atom. The first-order chi connectivity index (χ1) is 9.00. The van der Waals surface area contributed by atoms with Crippen molar-refractivity contribution in [2.24, 2.45) is 5.92 Å².